The number of hydrogen-bond acceptors (Lipinski definition) is 4. The van der Waals surface area contributed by atoms with Crippen LogP contribution in [0.2, 0.25) is 0 Å². The van der Waals surface area contributed by atoms with Crippen LogP contribution in [-0.4, -0.2) is 22.6 Å². The molecule has 0 bridgehead atoms. The first-order chi connectivity index (χ1) is 8.36. The first-order valence-electron chi connectivity index (χ1n) is 4.42. The fourth-order valence-electron chi connectivity index (χ4n) is 1.25. The lowest BCUT2D eigenvalue weighted by Crippen LogP contribution is -2.08. The number of aromatic carboxylic acids is 1. The van der Waals surface area contributed by atoms with E-state index >= 15 is 0 Å². The maximum absolute atomic E-state index is 12.1. The molecule has 0 heterocycles. The summed E-state index contributed by atoms with van der Waals surface area (Å²) in [6.07, 6.45) is 0. The van der Waals surface area contributed by atoms with Gasteiger partial charge in [-0.05, 0) is 11.6 Å². The first kappa shape index (κ1) is 14.1. The van der Waals surface area contributed by atoms with Gasteiger partial charge in [-0.1, -0.05) is 0 Å². The molecular formula is C9H6ClF2NO5. The summed E-state index contributed by atoms with van der Waals surface area (Å²) in [5.74, 6) is -2.48. The van der Waals surface area contributed by atoms with Gasteiger partial charge in [0.25, 0.3) is 0 Å². The summed E-state index contributed by atoms with van der Waals surface area (Å²) >= 11 is 5.44. The number of alkyl halides is 3. The van der Waals surface area contributed by atoms with Gasteiger partial charge in [0, 0.05) is 11.9 Å². The number of carbonyl (C=O) groups is 1. The molecule has 1 N–H and O–H groups in total. The molecule has 1 aromatic rings. The normalized spacial score (nSPS) is 10.4. The van der Waals surface area contributed by atoms with Gasteiger partial charge in [0.1, 0.15) is 0 Å². The van der Waals surface area contributed by atoms with Gasteiger partial charge in [-0.3, -0.25) is 10.1 Å². The fourth-order valence-corrected chi connectivity index (χ4v) is 1.47. The fraction of sp³-hybridized carbons (Fsp3) is 0.222. The van der Waals surface area contributed by atoms with Gasteiger partial charge < -0.3 is 9.84 Å². The number of nitrogens with zero attached hydrogens (tertiary/aromatic N) is 1. The van der Waals surface area contributed by atoms with Crippen LogP contribution in [0.25, 0.3) is 0 Å². The molecule has 1 rings (SSSR count). The minimum Gasteiger partial charge on any atom is -0.478 e. The summed E-state index contributed by atoms with van der Waals surface area (Å²) in [5.41, 5.74) is -1.34. The SMILES string of the molecule is O=C(O)c1cc([N+](=O)[O-])c(OC(F)F)cc1CCl. The minimum atomic E-state index is -3.26. The van der Waals surface area contributed by atoms with Crippen LogP contribution in [-0.2, 0) is 5.88 Å². The van der Waals surface area contributed by atoms with E-state index in [2.05, 4.69) is 4.74 Å². The Morgan fingerprint density at radius 2 is 2.17 bits per heavy atom. The molecule has 0 unspecified atom stereocenters. The number of benzene rings is 1. The standard InChI is InChI=1S/C9H6ClF2NO5/c10-3-4-1-7(18-9(11)12)6(13(16)17)2-5(4)8(14)15/h1-2,9H,3H2,(H,14,15). The molecule has 0 saturated heterocycles. The summed E-state index contributed by atoms with van der Waals surface area (Å²) < 4.78 is 28.1. The van der Waals surface area contributed by atoms with Crippen LogP contribution in [0.1, 0.15) is 15.9 Å². The number of halogens is 3. The Kier molecular flexibility index (Phi) is 4.38. The maximum Gasteiger partial charge on any atom is 0.387 e. The van der Waals surface area contributed by atoms with E-state index < -0.39 is 34.5 Å². The van der Waals surface area contributed by atoms with E-state index in [9.17, 15) is 23.7 Å². The zero-order valence-corrected chi connectivity index (χ0v) is 9.36. The lowest BCUT2D eigenvalue weighted by Gasteiger charge is -2.09. The highest BCUT2D eigenvalue weighted by molar-refractivity contribution is 6.17. The van der Waals surface area contributed by atoms with Crippen molar-refractivity contribution in [1.29, 1.82) is 0 Å². The number of carboxylic acids is 1. The second-order valence-corrected chi connectivity index (χ2v) is 3.32. The first-order valence-corrected chi connectivity index (χ1v) is 4.95. The molecule has 0 saturated carbocycles. The van der Waals surface area contributed by atoms with Crippen molar-refractivity contribution in [1.82, 2.24) is 0 Å². The lowest BCUT2D eigenvalue weighted by molar-refractivity contribution is -0.386. The molecule has 0 aliphatic carbocycles. The molecular weight excluding hydrogens is 276 g/mol. The van der Waals surface area contributed by atoms with Crippen molar-refractivity contribution in [2.75, 3.05) is 0 Å². The van der Waals surface area contributed by atoms with Gasteiger partial charge >= 0.3 is 18.3 Å². The highest BCUT2D eigenvalue weighted by atomic mass is 35.5. The Morgan fingerprint density at radius 1 is 1.56 bits per heavy atom. The van der Waals surface area contributed by atoms with Gasteiger partial charge in [0.15, 0.2) is 0 Å². The van der Waals surface area contributed by atoms with Crippen molar-refractivity contribution >= 4 is 23.3 Å². The highest BCUT2D eigenvalue weighted by Crippen LogP contribution is 2.32. The number of carboxylic acid groups (broad SMARTS) is 1. The largest absolute Gasteiger partial charge is 0.478 e. The summed E-state index contributed by atoms with van der Waals surface area (Å²) in [7, 11) is 0. The topological polar surface area (TPSA) is 89.7 Å². The van der Waals surface area contributed by atoms with E-state index in [0.29, 0.717) is 6.07 Å². The zero-order chi connectivity index (χ0) is 13.9. The third-order valence-electron chi connectivity index (χ3n) is 1.97. The number of rotatable bonds is 5. The van der Waals surface area contributed by atoms with Crippen LogP contribution >= 0.6 is 11.6 Å². The van der Waals surface area contributed by atoms with Crippen LogP contribution in [0, 0.1) is 10.1 Å². The summed E-state index contributed by atoms with van der Waals surface area (Å²) in [5, 5.41) is 19.4. The van der Waals surface area contributed by atoms with E-state index in [0.717, 1.165) is 6.07 Å². The van der Waals surface area contributed by atoms with Crippen LogP contribution < -0.4 is 4.74 Å². The van der Waals surface area contributed by atoms with Gasteiger partial charge in [0.05, 0.1) is 10.5 Å². The third kappa shape index (κ3) is 3.04. The summed E-state index contributed by atoms with van der Waals surface area (Å²) in [4.78, 5) is 20.4. The number of ether oxygens (including phenoxy) is 1. The van der Waals surface area contributed by atoms with Gasteiger partial charge in [-0.25, -0.2) is 4.79 Å². The Balaban J connectivity index is 3.41. The molecule has 0 radical (unpaired) electrons. The van der Waals surface area contributed by atoms with Crippen LogP contribution in [0.4, 0.5) is 14.5 Å². The molecule has 0 aliphatic rings. The van der Waals surface area contributed by atoms with Gasteiger partial charge in [-0.2, -0.15) is 8.78 Å². The maximum atomic E-state index is 12.1. The van der Waals surface area contributed by atoms with Gasteiger partial charge in [0.2, 0.25) is 5.75 Å². The van der Waals surface area contributed by atoms with Crippen LogP contribution in [0.5, 0.6) is 5.75 Å². The van der Waals surface area contributed by atoms with Crippen molar-refractivity contribution in [2.24, 2.45) is 0 Å². The molecule has 0 fully saturated rings. The second kappa shape index (κ2) is 5.58. The van der Waals surface area contributed by atoms with Crippen LogP contribution in [0.3, 0.4) is 0 Å². The van der Waals surface area contributed by atoms with Crippen molar-refractivity contribution in [3.63, 3.8) is 0 Å². The number of nitro benzene ring substituents is 1. The number of hydrogen-bond donors (Lipinski definition) is 1. The Labute approximate surface area is 104 Å². The lowest BCUT2D eigenvalue weighted by atomic mass is 10.1. The minimum absolute atomic E-state index is 0.0505. The van der Waals surface area contributed by atoms with Crippen molar-refractivity contribution < 1.29 is 28.3 Å². The van der Waals surface area contributed by atoms with Crippen molar-refractivity contribution in [3.05, 3.63) is 33.4 Å². The van der Waals surface area contributed by atoms with Crippen molar-refractivity contribution in [3.8, 4) is 5.75 Å². The molecule has 0 atom stereocenters. The summed E-state index contributed by atoms with van der Waals surface area (Å²) in [6.45, 7) is -3.26. The van der Waals surface area contributed by atoms with Crippen LogP contribution in [0.15, 0.2) is 12.1 Å². The quantitative estimate of drug-likeness (QED) is 0.509. The molecule has 1 aromatic carbocycles. The number of nitro groups is 1. The Bertz CT molecular complexity index is 494. The average Bonchev–Trinajstić information content (AvgIpc) is 2.26. The molecule has 18 heavy (non-hydrogen) atoms. The van der Waals surface area contributed by atoms with Gasteiger partial charge in [-0.15, -0.1) is 11.6 Å². The predicted octanol–water partition coefficient (Wildman–Crippen LogP) is 2.63. The molecule has 0 spiro atoms. The van der Waals surface area contributed by atoms with E-state index in [1.807, 2.05) is 0 Å². The Hall–Kier alpha value is -1.96. The Morgan fingerprint density at radius 3 is 2.56 bits per heavy atom. The third-order valence-corrected chi connectivity index (χ3v) is 2.26. The van der Waals surface area contributed by atoms with Crippen molar-refractivity contribution in [2.45, 2.75) is 12.5 Å². The zero-order valence-electron chi connectivity index (χ0n) is 8.60. The molecule has 0 aliphatic heterocycles. The van der Waals surface area contributed by atoms with E-state index in [4.69, 9.17) is 16.7 Å². The molecule has 98 valence electrons. The monoisotopic (exact) mass is 281 g/mol. The van der Waals surface area contributed by atoms with E-state index in [1.54, 1.807) is 0 Å². The van der Waals surface area contributed by atoms with E-state index in [1.165, 1.54) is 0 Å². The van der Waals surface area contributed by atoms with E-state index in [-0.39, 0.29) is 11.4 Å². The summed E-state index contributed by atoms with van der Waals surface area (Å²) in [6, 6.07) is 1.46. The second-order valence-electron chi connectivity index (χ2n) is 3.05. The molecule has 0 amide bonds. The highest BCUT2D eigenvalue weighted by Gasteiger charge is 2.24. The molecule has 9 heteroatoms. The molecule has 6 nitrogen and oxygen atoms in total. The predicted molar refractivity (Wildman–Crippen MR) is 56.2 cm³/mol. The molecule has 0 aromatic heterocycles. The average molecular weight is 282 g/mol. The smallest absolute Gasteiger partial charge is 0.387 e.